The number of nitrogens with zero attached hydrogens (tertiary/aromatic N) is 4. The fraction of sp³-hybridized carbons (Fsp3) is 0.455. The Kier molecular flexibility index (Phi) is 4.99. The summed E-state index contributed by atoms with van der Waals surface area (Å²) in [5.41, 5.74) is 1.74. The molecule has 5 rings (SSSR count). The molecule has 6 nitrogen and oxygen atoms in total. The minimum atomic E-state index is -0.607. The first-order chi connectivity index (χ1) is 14.1. The van der Waals surface area contributed by atoms with Crippen LogP contribution in [-0.2, 0) is 11.3 Å². The maximum Gasteiger partial charge on any atom is 0.146 e. The van der Waals surface area contributed by atoms with E-state index in [1.807, 2.05) is 13.0 Å². The molecule has 0 aliphatic carbocycles. The second-order valence-corrected chi connectivity index (χ2v) is 8.84. The summed E-state index contributed by atoms with van der Waals surface area (Å²) >= 11 is 1.67. The van der Waals surface area contributed by atoms with E-state index in [0.717, 1.165) is 61.1 Å². The molecule has 2 fully saturated rings. The van der Waals surface area contributed by atoms with E-state index < -0.39 is 5.60 Å². The molecular formula is C22H26N4O2S. The molecular weight excluding hydrogens is 384 g/mol. The molecule has 0 amide bonds. The van der Waals surface area contributed by atoms with Crippen LogP contribution in [0.3, 0.4) is 0 Å². The molecule has 2 saturated heterocycles. The Balaban J connectivity index is 1.56. The average Bonchev–Trinajstić information content (AvgIpc) is 3.16. The predicted octanol–water partition coefficient (Wildman–Crippen LogP) is 3.15. The van der Waals surface area contributed by atoms with Crippen molar-refractivity contribution in [3.63, 3.8) is 0 Å². The number of thiophene rings is 1. The molecule has 0 atom stereocenters. The van der Waals surface area contributed by atoms with Crippen LogP contribution >= 0.6 is 11.3 Å². The Morgan fingerprint density at radius 2 is 1.90 bits per heavy atom. The van der Waals surface area contributed by atoms with Gasteiger partial charge in [-0.05, 0) is 12.0 Å². The van der Waals surface area contributed by atoms with Crippen molar-refractivity contribution in [2.75, 3.05) is 44.3 Å². The van der Waals surface area contributed by atoms with Crippen molar-refractivity contribution >= 4 is 27.4 Å². The Morgan fingerprint density at radius 3 is 2.62 bits per heavy atom. The number of rotatable bonds is 5. The molecule has 152 valence electrons. The van der Waals surface area contributed by atoms with Crippen molar-refractivity contribution < 1.29 is 9.84 Å². The lowest BCUT2D eigenvalue weighted by atomic mass is 9.91. The van der Waals surface area contributed by atoms with Crippen molar-refractivity contribution in [3.8, 4) is 11.1 Å². The molecule has 0 unspecified atom stereocenters. The van der Waals surface area contributed by atoms with Gasteiger partial charge in [-0.25, -0.2) is 9.97 Å². The van der Waals surface area contributed by atoms with E-state index in [9.17, 15) is 5.11 Å². The summed E-state index contributed by atoms with van der Waals surface area (Å²) < 4.78 is 5.47. The molecule has 7 heteroatoms. The fourth-order valence-corrected chi connectivity index (χ4v) is 5.05. The highest BCUT2D eigenvalue weighted by Crippen LogP contribution is 2.41. The fourth-order valence-electron chi connectivity index (χ4n) is 4.09. The lowest BCUT2D eigenvalue weighted by Crippen LogP contribution is -2.62. The monoisotopic (exact) mass is 410 g/mol. The van der Waals surface area contributed by atoms with Crippen LogP contribution in [0.15, 0.2) is 35.7 Å². The number of aliphatic hydroxyl groups is 1. The smallest absolute Gasteiger partial charge is 0.146 e. The number of anilines is 1. The van der Waals surface area contributed by atoms with E-state index in [4.69, 9.17) is 14.7 Å². The van der Waals surface area contributed by atoms with Gasteiger partial charge in [0, 0.05) is 37.1 Å². The van der Waals surface area contributed by atoms with Gasteiger partial charge in [0.25, 0.3) is 0 Å². The Labute approximate surface area is 174 Å². The summed E-state index contributed by atoms with van der Waals surface area (Å²) in [6.07, 6.45) is 0.757. The van der Waals surface area contributed by atoms with Gasteiger partial charge in [-0.1, -0.05) is 37.3 Å². The molecule has 0 radical (unpaired) electrons. The zero-order valence-electron chi connectivity index (χ0n) is 16.7. The quantitative estimate of drug-likeness (QED) is 0.697. The van der Waals surface area contributed by atoms with E-state index in [1.54, 1.807) is 11.3 Å². The van der Waals surface area contributed by atoms with Gasteiger partial charge in [0.15, 0.2) is 0 Å². The van der Waals surface area contributed by atoms with Gasteiger partial charge >= 0.3 is 0 Å². The number of β-amino-alcohol motifs (C(OH)–C–C–N with tert-alkyl or cyclic N) is 1. The molecule has 2 aromatic heterocycles. The van der Waals surface area contributed by atoms with Crippen LogP contribution in [0.2, 0.25) is 0 Å². The van der Waals surface area contributed by atoms with Gasteiger partial charge in [-0.15, -0.1) is 11.3 Å². The van der Waals surface area contributed by atoms with Crippen molar-refractivity contribution in [1.82, 2.24) is 14.9 Å². The minimum Gasteiger partial charge on any atom is -0.386 e. The van der Waals surface area contributed by atoms with Crippen molar-refractivity contribution in [3.05, 3.63) is 41.5 Å². The zero-order valence-corrected chi connectivity index (χ0v) is 17.5. The van der Waals surface area contributed by atoms with Crippen molar-refractivity contribution in [2.24, 2.45) is 0 Å². The summed E-state index contributed by atoms with van der Waals surface area (Å²) in [7, 11) is 0. The lowest BCUT2D eigenvalue weighted by Gasteiger charge is -2.47. The number of ether oxygens (including phenoxy) is 1. The average molecular weight is 411 g/mol. The second-order valence-electron chi connectivity index (χ2n) is 7.98. The summed E-state index contributed by atoms with van der Waals surface area (Å²) in [4.78, 5) is 15.5. The molecule has 0 spiro atoms. The number of morpholine rings is 1. The van der Waals surface area contributed by atoms with Crippen LogP contribution in [0.5, 0.6) is 0 Å². The third-order valence-corrected chi connectivity index (χ3v) is 6.81. The van der Waals surface area contributed by atoms with Crippen LogP contribution in [0.25, 0.3) is 21.3 Å². The number of hydrogen-bond acceptors (Lipinski definition) is 7. The highest BCUT2D eigenvalue weighted by atomic mass is 32.1. The van der Waals surface area contributed by atoms with E-state index in [1.165, 1.54) is 11.1 Å². The van der Waals surface area contributed by atoms with E-state index >= 15 is 0 Å². The Hall–Kier alpha value is -2.06. The number of aromatic nitrogens is 2. The van der Waals surface area contributed by atoms with Crippen LogP contribution in [-0.4, -0.2) is 65.0 Å². The molecule has 1 N–H and O–H groups in total. The van der Waals surface area contributed by atoms with Crippen LogP contribution in [0, 0.1) is 0 Å². The maximum absolute atomic E-state index is 10.6. The lowest BCUT2D eigenvalue weighted by molar-refractivity contribution is 0.00812. The summed E-state index contributed by atoms with van der Waals surface area (Å²) in [5, 5.41) is 13.9. The van der Waals surface area contributed by atoms with E-state index in [-0.39, 0.29) is 0 Å². The third kappa shape index (κ3) is 3.64. The second kappa shape index (κ2) is 7.65. The molecule has 1 aromatic carbocycles. The standard InChI is InChI=1S/C22H26N4O2S/c1-2-22(27)14-26(15-22)20-19-17(16-6-4-3-5-7-16)13-29-21(19)24-18(23-20)12-25-8-10-28-11-9-25/h3-7,13,27H,2,8-12,14-15H2,1H3. The van der Waals surface area contributed by atoms with Crippen LogP contribution in [0.4, 0.5) is 5.82 Å². The molecule has 29 heavy (non-hydrogen) atoms. The minimum absolute atomic E-state index is 0.607. The first-order valence-corrected chi connectivity index (χ1v) is 11.1. The first kappa shape index (κ1) is 18.9. The highest BCUT2D eigenvalue weighted by Gasteiger charge is 2.41. The van der Waals surface area contributed by atoms with Gasteiger partial charge in [0.2, 0.25) is 0 Å². The summed E-state index contributed by atoms with van der Waals surface area (Å²) in [5.74, 6) is 1.80. The molecule has 0 saturated carbocycles. The van der Waals surface area contributed by atoms with E-state index in [0.29, 0.717) is 13.1 Å². The van der Waals surface area contributed by atoms with Gasteiger partial charge in [0.05, 0.1) is 30.7 Å². The number of fused-ring (bicyclic) bond motifs is 1. The van der Waals surface area contributed by atoms with Gasteiger partial charge in [0.1, 0.15) is 16.5 Å². The molecule has 3 aromatic rings. The maximum atomic E-state index is 10.6. The number of benzene rings is 1. The van der Waals surface area contributed by atoms with Crippen LogP contribution < -0.4 is 4.90 Å². The van der Waals surface area contributed by atoms with Gasteiger partial charge in [-0.2, -0.15) is 0 Å². The van der Waals surface area contributed by atoms with Crippen molar-refractivity contribution in [1.29, 1.82) is 0 Å². The topological polar surface area (TPSA) is 61.7 Å². The molecule has 4 heterocycles. The third-order valence-electron chi connectivity index (χ3n) is 5.94. The summed E-state index contributed by atoms with van der Waals surface area (Å²) in [6.45, 7) is 7.37. The zero-order chi connectivity index (χ0) is 19.8. The Morgan fingerprint density at radius 1 is 1.14 bits per heavy atom. The van der Waals surface area contributed by atoms with Crippen LogP contribution in [0.1, 0.15) is 19.2 Å². The number of hydrogen-bond donors (Lipinski definition) is 1. The van der Waals surface area contributed by atoms with Gasteiger partial charge in [-0.3, -0.25) is 4.90 Å². The largest absolute Gasteiger partial charge is 0.386 e. The SMILES string of the molecule is CCC1(O)CN(c2nc(CN3CCOCC3)nc3scc(-c4ccccc4)c23)C1. The molecule has 0 bridgehead atoms. The molecule has 2 aliphatic rings. The normalized spacial score (nSPS) is 19.4. The molecule has 2 aliphatic heterocycles. The Bertz CT molecular complexity index is 995. The van der Waals surface area contributed by atoms with E-state index in [2.05, 4.69) is 39.4 Å². The highest BCUT2D eigenvalue weighted by molar-refractivity contribution is 7.17. The predicted molar refractivity (Wildman–Crippen MR) is 116 cm³/mol. The van der Waals surface area contributed by atoms with Gasteiger partial charge < -0.3 is 14.7 Å². The van der Waals surface area contributed by atoms with Crippen molar-refractivity contribution in [2.45, 2.75) is 25.5 Å². The first-order valence-electron chi connectivity index (χ1n) is 10.3. The summed E-state index contributed by atoms with van der Waals surface area (Å²) in [6, 6.07) is 10.4.